The van der Waals surface area contributed by atoms with E-state index in [0.29, 0.717) is 5.56 Å². The van der Waals surface area contributed by atoms with Crippen molar-refractivity contribution in [3.05, 3.63) is 28.8 Å². The predicted molar refractivity (Wildman–Crippen MR) is 83.4 cm³/mol. The van der Waals surface area contributed by atoms with Crippen LogP contribution in [0.4, 0.5) is 3.89 Å². The number of carbonyl (C=O) groups excluding carboxylic acids is 1. The molecule has 22 heavy (non-hydrogen) atoms. The maximum atomic E-state index is 12.8. The lowest BCUT2D eigenvalue weighted by Crippen LogP contribution is -2.16. The smallest absolute Gasteiger partial charge is 0.465 e. The Bertz CT molecular complexity index is 754. The molecule has 0 spiro atoms. The molecule has 0 bridgehead atoms. The first-order valence-electron chi connectivity index (χ1n) is 6.33. The van der Waals surface area contributed by atoms with E-state index in [-0.39, 0.29) is 16.9 Å². The third kappa shape index (κ3) is 5.50. The molecular formula is C14H17FO5SSi. The van der Waals surface area contributed by atoms with Crippen molar-refractivity contribution >= 4 is 24.5 Å². The van der Waals surface area contributed by atoms with Gasteiger partial charge in [0.2, 0.25) is 0 Å². The topological polar surface area (TPSA) is 69.7 Å². The Morgan fingerprint density at radius 2 is 1.86 bits per heavy atom. The van der Waals surface area contributed by atoms with Crippen molar-refractivity contribution in [2.24, 2.45) is 0 Å². The summed E-state index contributed by atoms with van der Waals surface area (Å²) >= 11 is 0. The van der Waals surface area contributed by atoms with Crippen LogP contribution in [0.5, 0.6) is 5.75 Å². The van der Waals surface area contributed by atoms with Crippen molar-refractivity contribution in [3.63, 3.8) is 0 Å². The van der Waals surface area contributed by atoms with Gasteiger partial charge in [-0.15, -0.1) is 5.54 Å². The van der Waals surface area contributed by atoms with Crippen molar-refractivity contribution in [1.29, 1.82) is 0 Å². The molecule has 0 aliphatic carbocycles. The summed E-state index contributed by atoms with van der Waals surface area (Å²) in [7, 11) is -5.69. The number of halogens is 1. The van der Waals surface area contributed by atoms with Crippen LogP contribution >= 0.6 is 0 Å². The molecule has 0 aliphatic heterocycles. The zero-order chi connectivity index (χ0) is 17.1. The summed E-state index contributed by atoms with van der Waals surface area (Å²) < 4.78 is 43.1. The summed E-state index contributed by atoms with van der Waals surface area (Å²) in [5.41, 5.74) is 3.66. The second kappa shape index (κ2) is 6.50. The second-order valence-corrected chi connectivity index (χ2v) is 11.3. The first-order chi connectivity index (χ1) is 9.93. The molecule has 0 atom stereocenters. The maximum Gasteiger partial charge on any atom is 0.488 e. The molecule has 120 valence electrons. The Morgan fingerprint density at radius 3 is 2.32 bits per heavy atom. The van der Waals surface area contributed by atoms with Crippen LogP contribution in [-0.2, 0) is 15.2 Å². The van der Waals surface area contributed by atoms with E-state index in [1.54, 1.807) is 0 Å². The highest BCUT2D eigenvalue weighted by atomic mass is 32.3. The van der Waals surface area contributed by atoms with E-state index < -0.39 is 24.5 Å². The number of ether oxygens (including phenoxy) is 1. The summed E-state index contributed by atoms with van der Waals surface area (Å²) in [6.07, 6.45) is 0. The first kappa shape index (κ1) is 18.2. The van der Waals surface area contributed by atoms with E-state index in [1.807, 2.05) is 19.6 Å². The van der Waals surface area contributed by atoms with E-state index in [0.717, 1.165) is 0 Å². The van der Waals surface area contributed by atoms with Crippen LogP contribution in [0.15, 0.2) is 12.1 Å². The van der Waals surface area contributed by atoms with Crippen LogP contribution in [0.1, 0.15) is 21.5 Å². The van der Waals surface area contributed by atoms with Gasteiger partial charge in [0.05, 0.1) is 12.7 Å². The molecule has 8 heteroatoms. The van der Waals surface area contributed by atoms with Crippen molar-refractivity contribution in [2.75, 3.05) is 7.11 Å². The van der Waals surface area contributed by atoms with Gasteiger partial charge in [0.1, 0.15) is 13.8 Å². The lowest BCUT2D eigenvalue weighted by molar-refractivity contribution is 0.0599. The molecule has 5 nitrogen and oxygen atoms in total. The van der Waals surface area contributed by atoms with Gasteiger partial charge in [-0.3, -0.25) is 0 Å². The molecule has 0 heterocycles. The fourth-order valence-corrected chi connectivity index (χ4v) is 2.44. The average Bonchev–Trinajstić information content (AvgIpc) is 2.36. The Kier molecular flexibility index (Phi) is 5.38. The quantitative estimate of drug-likeness (QED) is 0.365. The monoisotopic (exact) mass is 344 g/mol. The van der Waals surface area contributed by atoms with Crippen LogP contribution in [0.25, 0.3) is 0 Å². The van der Waals surface area contributed by atoms with E-state index in [4.69, 9.17) is 0 Å². The van der Waals surface area contributed by atoms with Crippen molar-refractivity contribution < 1.29 is 26.0 Å². The molecule has 0 amide bonds. The zero-order valence-electron chi connectivity index (χ0n) is 13.0. The van der Waals surface area contributed by atoms with Gasteiger partial charge in [-0.1, -0.05) is 29.4 Å². The molecule has 0 saturated heterocycles. The number of carbonyl (C=O) groups is 1. The number of hydrogen-bond acceptors (Lipinski definition) is 5. The molecule has 1 aromatic carbocycles. The van der Waals surface area contributed by atoms with Crippen LogP contribution in [0, 0.1) is 18.4 Å². The largest absolute Gasteiger partial charge is 0.488 e. The summed E-state index contributed by atoms with van der Waals surface area (Å²) in [6.45, 7) is 7.51. The van der Waals surface area contributed by atoms with Gasteiger partial charge in [0, 0.05) is 11.1 Å². The van der Waals surface area contributed by atoms with E-state index in [2.05, 4.69) is 20.4 Å². The third-order valence-electron chi connectivity index (χ3n) is 2.54. The Labute approximate surface area is 130 Å². The fourth-order valence-electron chi connectivity index (χ4n) is 1.54. The molecule has 0 fully saturated rings. The highest BCUT2D eigenvalue weighted by Gasteiger charge is 2.19. The normalized spacial score (nSPS) is 11.4. The summed E-state index contributed by atoms with van der Waals surface area (Å²) in [4.78, 5) is 11.7. The molecule has 0 saturated carbocycles. The van der Waals surface area contributed by atoms with Gasteiger partial charge < -0.3 is 8.92 Å². The van der Waals surface area contributed by atoms with Gasteiger partial charge in [-0.25, -0.2) is 4.79 Å². The Balaban J connectivity index is 3.49. The number of esters is 1. The number of hydrogen-bond donors (Lipinski definition) is 0. The van der Waals surface area contributed by atoms with Crippen molar-refractivity contribution in [1.82, 2.24) is 0 Å². The van der Waals surface area contributed by atoms with Gasteiger partial charge in [-0.05, 0) is 19.1 Å². The Hall–Kier alpha value is -1.85. The first-order valence-corrected chi connectivity index (χ1v) is 11.1. The minimum atomic E-state index is -5.20. The Morgan fingerprint density at radius 1 is 1.27 bits per heavy atom. The highest BCUT2D eigenvalue weighted by Crippen LogP contribution is 2.26. The van der Waals surface area contributed by atoms with Gasteiger partial charge in [0.25, 0.3) is 0 Å². The molecule has 0 aromatic heterocycles. The summed E-state index contributed by atoms with van der Waals surface area (Å²) in [5, 5.41) is 0. The molecule has 0 radical (unpaired) electrons. The highest BCUT2D eigenvalue weighted by molar-refractivity contribution is 7.81. The maximum absolute atomic E-state index is 12.8. The SMILES string of the molecule is COC(=O)c1cc(C#C[Si](C)(C)C)cc(OS(=O)(=O)F)c1C. The minimum absolute atomic E-state index is 0.0727. The lowest BCUT2D eigenvalue weighted by atomic mass is 10.0. The lowest BCUT2D eigenvalue weighted by Gasteiger charge is -2.10. The van der Waals surface area contributed by atoms with Gasteiger partial charge >= 0.3 is 16.5 Å². The minimum Gasteiger partial charge on any atom is -0.465 e. The van der Waals surface area contributed by atoms with Crippen LogP contribution < -0.4 is 4.18 Å². The number of benzene rings is 1. The molecule has 0 unspecified atom stereocenters. The number of methoxy groups -OCH3 is 1. The molecule has 1 aromatic rings. The summed E-state index contributed by atoms with van der Waals surface area (Å²) in [6, 6.07) is 2.75. The standard InChI is InChI=1S/C14H17FO5SSi/c1-10-12(14(16)19-2)8-11(6-7-22(3,4)5)9-13(10)20-21(15,17)18/h8-9H,1-5H3. The third-order valence-corrected chi connectivity index (χ3v) is 3.79. The molecule has 0 N–H and O–H groups in total. The molecular weight excluding hydrogens is 327 g/mol. The van der Waals surface area contributed by atoms with Crippen LogP contribution in [-0.4, -0.2) is 29.6 Å². The van der Waals surface area contributed by atoms with Crippen LogP contribution in [0.3, 0.4) is 0 Å². The molecule has 0 aliphatic rings. The second-order valence-electron chi connectivity index (χ2n) is 5.61. The predicted octanol–water partition coefficient (Wildman–Crippen LogP) is 2.60. The zero-order valence-corrected chi connectivity index (χ0v) is 14.8. The fraction of sp³-hybridized carbons (Fsp3) is 0.357. The van der Waals surface area contributed by atoms with E-state index in [9.17, 15) is 17.1 Å². The van der Waals surface area contributed by atoms with Crippen molar-refractivity contribution in [2.45, 2.75) is 26.6 Å². The average molecular weight is 344 g/mol. The van der Waals surface area contributed by atoms with Gasteiger partial charge in [0.15, 0.2) is 0 Å². The van der Waals surface area contributed by atoms with Gasteiger partial charge in [-0.2, -0.15) is 8.42 Å². The molecule has 1 rings (SSSR count). The van der Waals surface area contributed by atoms with Crippen LogP contribution in [0.2, 0.25) is 19.6 Å². The summed E-state index contributed by atoms with van der Waals surface area (Å²) in [5.74, 6) is 1.89. The van der Waals surface area contributed by atoms with E-state index in [1.165, 1.54) is 26.2 Å². The van der Waals surface area contributed by atoms with E-state index >= 15 is 0 Å². The number of rotatable bonds is 3. The van der Waals surface area contributed by atoms with Crippen molar-refractivity contribution in [3.8, 4) is 17.2 Å².